The maximum Gasteiger partial charge on any atom is 0.303 e. The molecule has 1 aliphatic heterocycles. The van der Waals surface area contributed by atoms with E-state index in [9.17, 15) is 15.0 Å². The Morgan fingerprint density at radius 3 is 2.43 bits per heavy atom. The van der Waals surface area contributed by atoms with Gasteiger partial charge in [0.1, 0.15) is 12.2 Å². The summed E-state index contributed by atoms with van der Waals surface area (Å²) in [6, 6.07) is 0. The van der Waals surface area contributed by atoms with E-state index < -0.39 is 36.7 Å². The van der Waals surface area contributed by atoms with Crippen LogP contribution in [-0.4, -0.2) is 53.0 Å². The third-order valence-electron chi connectivity index (χ3n) is 11.4. The van der Waals surface area contributed by atoms with Crippen molar-refractivity contribution in [3.63, 3.8) is 0 Å². The Kier molecular flexibility index (Phi) is 6.91. The van der Waals surface area contributed by atoms with Crippen LogP contribution in [0.25, 0.3) is 0 Å². The summed E-state index contributed by atoms with van der Waals surface area (Å²) in [5.74, 6) is 3.29. The van der Waals surface area contributed by atoms with Crippen molar-refractivity contribution in [3.8, 4) is 0 Å². The second-order valence-electron chi connectivity index (χ2n) is 12.9. The molecule has 1 heterocycles. The lowest BCUT2D eigenvalue weighted by molar-refractivity contribution is -0.311. The summed E-state index contributed by atoms with van der Waals surface area (Å²) in [6.07, 6.45) is 8.48. The Hall–Kier alpha value is -0.950. The first-order chi connectivity index (χ1) is 16.6. The molecule has 198 valence electrons. The summed E-state index contributed by atoms with van der Waals surface area (Å²) in [4.78, 5) is 11.4. The summed E-state index contributed by atoms with van der Waals surface area (Å²) in [6.45, 7) is 12.3. The van der Waals surface area contributed by atoms with Crippen LogP contribution in [-0.2, 0) is 19.0 Å². The van der Waals surface area contributed by atoms with Gasteiger partial charge in [-0.2, -0.15) is 0 Å². The van der Waals surface area contributed by atoms with Crippen LogP contribution in [0.2, 0.25) is 0 Å². The van der Waals surface area contributed by atoms with E-state index in [1.807, 2.05) is 0 Å². The van der Waals surface area contributed by atoms with Gasteiger partial charge in [-0.3, -0.25) is 4.79 Å². The fraction of sp³-hybridized carbons (Fsp3) is 0.897. The molecule has 4 aliphatic carbocycles. The quantitative estimate of drug-likeness (QED) is 0.340. The highest BCUT2D eigenvalue weighted by Gasteiger charge is 2.60. The molecule has 5 aliphatic rings. The average molecular weight is 491 g/mol. The van der Waals surface area contributed by atoms with Crippen molar-refractivity contribution in [1.29, 1.82) is 0 Å². The molecule has 35 heavy (non-hydrogen) atoms. The number of aliphatic hydroxyl groups excluding tert-OH is 2. The highest BCUT2D eigenvalue weighted by molar-refractivity contribution is 5.66. The molecular weight excluding hydrogens is 444 g/mol. The molecule has 0 aromatic carbocycles. The van der Waals surface area contributed by atoms with Crippen LogP contribution in [0.4, 0.5) is 0 Å². The van der Waals surface area contributed by atoms with E-state index >= 15 is 0 Å². The largest absolute Gasteiger partial charge is 0.457 e. The first-order valence-electron chi connectivity index (χ1n) is 14.0. The molecule has 0 spiro atoms. The Bertz CT molecular complexity index is 815. The number of rotatable bonds is 4. The van der Waals surface area contributed by atoms with Gasteiger partial charge in [-0.25, -0.2) is 0 Å². The molecule has 1 saturated heterocycles. The van der Waals surface area contributed by atoms with Crippen molar-refractivity contribution in [2.45, 2.75) is 122 Å². The van der Waals surface area contributed by atoms with Gasteiger partial charge in [-0.15, -0.1) is 6.58 Å². The van der Waals surface area contributed by atoms with Crippen molar-refractivity contribution in [2.75, 3.05) is 0 Å². The lowest BCUT2D eigenvalue weighted by Crippen LogP contribution is -2.59. The smallest absolute Gasteiger partial charge is 0.303 e. The van der Waals surface area contributed by atoms with Crippen molar-refractivity contribution in [3.05, 3.63) is 12.7 Å². The topological polar surface area (TPSA) is 85.2 Å². The van der Waals surface area contributed by atoms with E-state index in [1.165, 1.54) is 45.4 Å². The van der Waals surface area contributed by atoms with Gasteiger partial charge in [0.25, 0.3) is 0 Å². The molecule has 6 nitrogen and oxygen atoms in total. The summed E-state index contributed by atoms with van der Waals surface area (Å²) < 4.78 is 17.4. The number of aliphatic hydroxyl groups is 2. The number of carbonyl (C=O) groups is 1. The highest BCUT2D eigenvalue weighted by atomic mass is 16.7. The van der Waals surface area contributed by atoms with Gasteiger partial charge >= 0.3 is 5.97 Å². The van der Waals surface area contributed by atoms with Gasteiger partial charge < -0.3 is 24.4 Å². The molecule has 0 bridgehead atoms. The Balaban J connectivity index is 1.23. The predicted molar refractivity (Wildman–Crippen MR) is 132 cm³/mol. The summed E-state index contributed by atoms with van der Waals surface area (Å²) in [5, 5.41) is 21.2. The zero-order valence-electron chi connectivity index (χ0n) is 22.0. The van der Waals surface area contributed by atoms with Crippen LogP contribution in [0.15, 0.2) is 12.7 Å². The minimum atomic E-state index is -1.24. The van der Waals surface area contributed by atoms with E-state index in [-0.39, 0.29) is 6.10 Å². The van der Waals surface area contributed by atoms with E-state index in [1.54, 1.807) is 6.92 Å². The lowest BCUT2D eigenvalue weighted by atomic mass is 9.44. The maximum atomic E-state index is 11.4. The first kappa shape index (κ1) is 25.7. The molecule has 0 radical (unpaired) electrons. The van der Waals surface area contributed by atoms with Gasteiger partial charge in [0, 0.05) is 6.92 Å². The highest BCUT2D eigenvalue weighted by Crippen LogP contribution is 2.67. The van der Waals surface area contributed by atoms with E-state index in [4.69, 9.17) is 14.2 Å². The molecule has 0 amide bonds. The molecule has 2 N–H and O–H groups in total. The fourth-order valence-electron chi connectivity index (χ4n) is 9.43. The molecule has 5 fully saturated rings. The Morgan fingerprint density at radius 2 is 1.71 bits per heavy atom. The van der Waals surface area contributed by atoms with Gasteiger partial charge in [0.2, 0.25) is 0 Å². The minimum Gasteiger partial charge on any atom is -0.457 e. The molecule has 5 rings (SSSR count). The number of esters is 1. The zero-order valence-corrected chi connectivity index (χ0v) is 22.0. The number of hydrogen-bond acceptors (Lipinski definition) is 6. The van der Waals surface area contributed by atoms with Crippen LogP contribution in [0.1, 0.15) is 85.5 Å². The number of ether oxygens (including phenoxy) is 3. The fourth-order valence-corrected chi connectivity index (χ4v) is 9.43. The minimum absolute atomic E-state index is 0.0134. The Labute approximate surface area is 210 Å². The SMILES string of the molecule is C=C[C@H]1CC[C@H]2[C@@H]3CC[C@H]4C[C@@H](O[C@@H]5O[C@@H](C)[C@@H](OC(C)=O)[C@@H](O)[C@@H]5O)CC[C@]4(C)[C@H]3CC[C@@]12C. The van der Waals surface area contributed by atoms with Gasteiger partial charge in [-0.1, -0.05) is 19.9 Å². The predicted octanol–water partition coefficient (Wildman–Crippen LogP) is 4.61. The molecule has 4 saturated carbocycles. The standard InChI is InChI=1S/C29H46O6/c1-6-18-8-10-22-21-9-7-19-15-20(11-13-29(19,5)23(21)12-14-28(18,22)4)35-27-25(32)24(31)26(16(2)33-27)34-17(3)30/h6,16,18-27,31-32H,1,7-15H2,2-5H3/t16-,18-,19-,20-,21-,22-,23-,24-,25-,26+,27-,28-,29-/m0/s1. The third kappa shape index (κ3) is 4.20. The molecule has 0 aromatic rings. The van der Waals surface area contributed by atoms with Crippen LogP contribution >= 0.6 is 0 Å². The number of carbonyl (C=O) groups excluding carboxylic acids is 1. The molecule has 0 unspecified atom stereocenters. The van der Waals surface area contributed by atoms with Crippen molar-refractivity contribution >= 4 is 5.97 Å². The van der Waals surface area contributed by atoms with Crippen molar-refractivity contribution in [2.24, 2.45) is 40.4 Å². The summed E-state index contributed by atoms with van der Waals surface area (Å²) in [5.41, 5.74) is 0.804. The van der Waals surface area contributed by atoms with E-state index in [0.29, 0.717) is 22.7 Å². The summed E-state index contributed by atoms with van der Waals surface area (Å²) >= 11 is 0. The van der Waals surface area contributed by atoms with Crippen molar-refractivity contribution < 1.29 is 29.2 Å². The number of allylic oxidation sites excluding steroid dienone is 1. The van der Waals surface area contributed by atoms with Crippen LogP contribution in [0.5, 0.6) is 0 Å². The van der Waals surface area contributed by atoms with Crippen LogP contribution < -0.4 is 0 Å². The average Bonchev–Trinajstić information content (AvgIpc) is 3.16. The number of fused-ring (bicyclic) bond motifs is 5. The van der Waals surface area contributed by atoms with Gasteiger partial charge in [0.15, 0.2) is 12.4 Å². The molecule has 0 aromatic heterocycles. The van der Waals surface area contributed by atoms with Gasteiger partial charge in [-0.05, 0) is 105 Å². The lowest BCUT2D eigenvalue weighted by Gasteiger charge is -2.61. The van der Waals surface area contributed by atoms with Crippen LogP contribution in [0, 0.1) is 40.4 Å². The normalized spacial score (nSPS) is 53.7. The molecule has 13 atom stereocenters. The van der Waals surface area contributed by atoms with Crippen molar-refractivity contribution in [1.82, 2.24) is 0 Å². The third-order valence-corrected chi connectivity index (χ3v) is 11.4. The van der Waals surface area contributed by atoms with E-state index in [2.05, 4.69) is 26.5 Å². The monoisotopic (exact) mass is 490 g/mol. The molecule has 6 heteroatoms. The van der Waals surface area contributed by atoms with Crippen LogP contribution in [0.3, 0.4) is 0 Å². The second-order valence-corrected chi connectivity index (χ2v) is 12.9. The van der Waals surface area contributed by atoms with E-state index in [0.717, 1.165) is 37.0 Å². The Morgan fingerprint density at radius 1 is 1.00 bits per heavy atom. The molecular formula is C29H46O6. The maximum absolute atomic E-state index is 11.4. The van der Waals surface area contributed by atoms with Gasteiger partial charge in [0.05, 0.1) is 12.2 Å². The zero-order chi connectivity index (χ0) is 25.1. The second kappa shape index (κ2) is 9.41. The summed E-state index contributed by atoms with van der Waals surface area (Å²) in [7, 11) is 0. The first-order valence-corrected chi connectivity index (χ1v) is 14.0. The number of hydrogen-bond donors (Lipinski definition) is 2.